The van der Waals surface area contributed by atoms with Crippen molar-refractivity contribution in [1.29, 1.82) is 0 Å². The van der Waals surface area contributed by atoms with Gasteiger partial charge in [0, 0.05) is 6.42 Å². The van der Waals surface area contributed by atoms with Crippen LogP contribution in [0, 0.1) is 0 Å². The summed E-state index contributed by atoms with van der Waals surface area (Å²) in [5.41, 5.74) is 5.99. The average molecular weight is 482 g/mol. The molecule has 1 rings (SSSR count). The first-order chi connectivity index (χ1) is 15.9. The standard InChI is InChI=1S/C20H26N4O10/c21-11(7-15(26)27)17(30)22-12(8-16(28)29)18(31)24-14(9-25)19(32)23-13(20(33)34)6-10-4-2-1-3-5-10/h1-5,11-14,25H,6-9,21H2,(H,22,30)(H,23,32)(H,24,31)(H,26,27)(H,28,29)(H,33,34). The summed E-state index contributed by atoms with van der Waals surface area (Å²) in [5.74, 6) is -7.66. The summed E-state index contributed by atoms with van der Waals surface area (Å²) < 4.78 is 0. The van der Waals surface area contributed by atoms with Crippen molar-refractivity contribution < 1.29 is 49.2 Å². The quantitative estimate of drug-likeness (QED) is 0.133. The number of carboxylic acid groups (broad SMARTS) is 3. The number of nitrogens with one attached hydrogen (secondary N) is 3. The summed E-state index contributed by atoms with van der Waals surface area (Å²) in [6.07, 6.45) is -1.82. The monoisotopic (exact) mass is 482 g/mol. The van der Waals surface area contributed by atoms with Crippen molar-refractivity contribution in [3.05, 3.63) is 35.9 Å². The van der Waals surface area contributed by atoms with Crippen molar-refractivity contribution in [2.75, 3.05) is 6.61 Å². The lowest BCUT2D eigenvalue weighted by atomic mass is 10.1. The lowest BCUT2D eigenvalue weighted by Crippen LogP contribution is -2.58. The molecule has 0 radical (unpaired) electrons. The summed E-state index contributed by atoms with van der Waals surface area (Å²) in [4.78, 5) is 70.2. The highest BCUT2D eigenvalue weighted by molar-refractivity contribution is 5.96. The molecule has 0 aromatic heterocycles. The third-order valence-corrected chi connectivity index (χ3v) is 4.46. The molecule has 14 heteroatoms. The van der Waals surface area contributed by atoms with Gasteiger partial charge in [-0.2, -0.15) is 0 Å². The van der Waals surface area contributed by atoms with E-state index >= 15 is 0 Å². The molecule has 0 heterocycles. The van der Waals surface area contributed by atoms with Gasteiger partial charge in [-0.3, -0.25) is 24.0 Å². The van der Waals surface area contributed by atoms with Crippen LogP contribution < -0.4 is 21.7 Å². The number of aliphatic hydroxyl groups is 1. The van der Waals surface area contributed by atoms with Crippen LogP contribution in [0.15, 0.2) is 30.3 Å². The van der Waals surface area contributed by atoms with Crippen molar-refractivity contribution in [2.24, 2.45) is 5.73 Å². The number of carboxylic acids is 3. The third kappa shape index (κ3) is 9.62. The normalized spacial score (nSPS) is 14.1. The van der Waals surface area contributed by atoms with Gasteiger partial charge in [0.2, 0.25) is 17.7 Å². The predicted molar refractivity (Wildman–Crippen MR) is 113 cm³/mol. The first-order valence-electron chi connectivity index (χ1n) is 9.92. The summed E-state index contributed by atoms with van der Waals surface area (Å²) in [6, 6.07) is 1.94. The van der Waals surface area contributed by atoms with Gasteiger partial charge in [-0.25, -0.2) is 4.79 Å². The van der Waals surface area contributed by atoms with E-state index in [-0.39, 0.29) is 6.42 Å². The molecule has 1 aromatic rings. The van der Waals surface area contributed by atoms with Crippen LogP contribution >= 0.6 is 0 Å². The first-order valence-corrected chi connectivity index (χ1v) is 9.92. The van der Waals surface area contributed by atoms with E-state index in [4.69, 9.17) is 15.9 Å². The molecule has 0 aliphatic rings. The number of aliphatic hydroxyl groups excluding tert-OH is 1. The fourth-order valence-corrected chi connectivity index (χ4v) is 2.73. The van der Waals surface area contributed by atoms with E-state index in [1.165, 1.54) is 0 Å². The van der Waals surface area contributed by atoms with Gasteiger partial charge in [0.05, 0.1) is 25.5 Å². The number of rotatable bonds is 14. The van der Waals surface area contributed by atoms with Crippen LogP contribution in [0.5, 0.6) is 0 Å². The van der Waals surface area contributed by atoms with Crippen LogP contribution in [0.4, 0.5) is 0 Å². The van der Waals surface area contributed by atoms with E-state index in [0.29, 0.717) is 5.56 Å². The van der Waals surface area contributed by atoms with Crippen LogP contribution in [-0.2, 0) is 35.2 Å². The highest BCUT2D eigenvalue weighted by Gasteiger charge is 2.31. The second-order valence-electron chi connectivity index (χ2n) is 7.20. The molecule has 3 amide bonds. The summed E-state index contributed by atoms with van der Waals surface area (Å²) in [7, 11) is 0. The van der Waals surface area contributed by atoms with Gasteiger partial charge in [-0.1, -0.05) is 30.3 Å². The van der Waals surface area contributed by atoms with Crippen molar-refractivity contribution in [3.63, 3.8) is 0 Å². The molecular formula is C20H26N4O10. The van der Waals surface area contributed by atoms with Crippen LogP contribution in [0.1, 0.15) is 18.4 Å². The van der Waals surface area contributed by atoms with E-state index in [1.807, 2.05) is 10.6 Å². The molecule has 0 spiro atoms. The largest absolute Gasteiger partial charge is 0.481 e. The number of nitrogens with two attached hydrogens (primary N) is 1. The van der Waals surface area contributed by atoms with Crippen LogP contribution in [-0.4, -0.2) is 86.8 Å². The molecule has 0 saturated heterocycles. The summed E-state index contributed by atoms with van der Waals surface area (Å²) >= 11 is 0. The minimum atomic E-state index is -1.76. The highest BCUT2D eigenvalue weighted by Crippen LogP contribution is 2.04. The van der Waals surface area contributed by atoms with Gasteiger partial charge in [0.1, 0.15) is 18.1 Å². The van der Waals surface area contributed by atoms with Crippen molar-refractivity contribution in [3.8, 4) is 0 Å². The Morgan fingerprint density at radius 3 is 1.74 bits per heavy atom. The second kappa shape index (κ2) is 13.5. The lowest BCUT2D eigenvalue weighted by molar-refractivity contribution is -0.143. The molecule has 0 saturated carbocycles. The number of hydrogen-bond acceptors (Lipinski definition) is 8. The Kier molecular flexibility index (Phi) is 11.1. The Hall–Kier alpha value is -4.04. The molecule has 0 aliphatic heterocycles. The molecule has 4 atom stereocenters. The second-order valence-corrected chi connectivity index (χ2v) is 7.20. The Morgan fingerprint density at radius 1 is 0.735 bits per heavy atom. The van der Waals surface area contributed by atoms with E-state index in [0.717, 1.165) is 0 Å². The first kappa shape index (κ1) is 28.0. The molecule has 0 aliphatic carbocycles. The number of hydrogen-bond donors (Lipinski definition) is 8. The van der Waals surface area contributed by atoms with Crippen LogP contribution in [0.2, 0.25) is 0 Å². The van der Waals surface area contributed by atoms with Gasteiger partial charge in [-0.15, -0.1) is 0 Å². The van der Waals surface area contributed by atoms with Crippen molar-refractivity contribution in [1.82, 2.24) is 16.0 Å². The number of aliphatic carboxylic acids is 3. The van der Waals surface area contributed by atoms with E-state index < -0.39 is 79.2 Å². The summed E-state index contributed by atoms with van der Waals surface area (Å²) in [5, 5.41) is 42.8. The zero-order valence-electron chi connectivity index (χ0n) is 17.8. The zero-order chi connectivity index (χ0) is 25.8. The van der Waals surface area contributed by atoms with Gasteiger partial charge < -0.3 is 42.1 Å². The maximum absolute atomic E-state index is 12.5. The summed E-state index contributed by atoms with van der Waals surface area (Å²) in [6.45, 7) is -0.971. The molecule has 186 valence electrons. The van der Waals surface area contributed by atoms with Crippen molar-refractivity contribution in [2.45, 2.75) is 43.4 Å². The van der Waals surface area contributed by atoms with Crippen LogP contribution in [0.3, 0.4) is 0 Å². The van der Waals surface area contributed by atoms with E-state index in [9.17, 15) is 39.0 Å². The molecule has 4 unspecified atom stereocenters. The number of benzene rings is 1. The van der Waals surface area contributed by atoms with Gasteiger partial charge in [-0.05, 0) is 5.56 Å². The number of amides is 3. The van der Waals surface area contributed by atoms with E-state index in [1.54, 1.807) is 30.3 Å². The zero-order valence-corrected chi connectivity index (χ0v) is 17.8. The van der Waals surface area contributed by atoms with Gasteiger partial charge >= 0.3 is 17.9 Å². The SMILES string of the molecule is NC(CC(=O)O)C(=O)NC(CC(=O)O)C(=O)NC(CO)C(=O)NC(Cc1ccccc1)C(=O)O. The topological polar surface area (TPSA) is 245 Å². The number of carbonyl (C=O) groups is 6. The molecule has 34 heavy (non-hydrogen) atoms. The number of carbonyl (C=O) groups excluding carboxylic acids is 3. The van der Waals surface area contributed by atoms with Gasteiger partial charge in [0.25, 0.3) is 0 Å². The smallest absolute Gasteiger partial charge is 0.326 e. The molecule has 0 bridgehead atoms. The molecule has 9 N–H and O–H groups in total. The fraction of sp³-hybridized carbons (Fsp3) is 0.400. The maximum atomic E-state index is 12.5. The predicted octanol–water partition coefficient (Wildman–Crippen LogP) is -2.96. The highest BCUT2D eigenvalue weighted by atomic mass is 16.4. The van der Waals surface area contributed by atoms with Crippen molar-refractivity contribution >= 4 is 35.6 Å². The maximum Gasteiger partial charge on any atom is 0.326 e. The average Bonchev–Trinajstić information content (AvgIpc) is 2.75. The lowest BCUT2D eigenvalue weighted by Gasteiger charge is -2.23. The minimum absolute atomic E-state index is 0.0901. The fourth-order valence-electron chi connectivity index (χ4n) is 2.73. The Labute approximate surface area is 193 Å². The Balaban J connectivity index is 2.88. The Morgan fingerprint density at radius 2 is 1.24 bits per heavy atom. The van der Waals surface area contributed by atoms with Crippen LogP contribution in [0.25, 0.3) is 0 Å². The molecular weight excluding hydrogens is 456 g/mol. The third-order valence-electron chi connectivity index (χ3n) is 4.46. The molecule has 1 aromatic carbocycles. The minimum Gasteiger partial charge on any atom is -0.481 e. The molecule has 14 nitrogen and oxygen atoms in total. The Bertz CT molecular complexity index is 908. The van der Waals surface area contributed by atoms with Gasteiger partial charge in [0.15, 0.2) is 0 Å². The molecule has 0 fully saturated rings. The van der Waals surface area contributed by atoms with E-state index in [2.05, 4.69) is 5.32 Å².